The molecule has 51 heteroatoms. The van der Waals surface area contributed by atoms with Crippen LogP contribution in [0.3, 0.4) is 0 Å². The molecule has 3 rings (SSSR count). The van der Waals surface area contributed by atoms with Crippen molar-refractivity contribution in [2.75, 3.05) is 51.8 Å². The molecule has 3 aromatic carbocycles. The molecule has 16 amide bonds. The van der Waals surface area contributed by atoms with Crippen molar-refractivity contribution in [3.05, 3.63) is 95.6 Å². The molecular formula is C82H125N23O27S. The Kier molecular flexibility index (Phi) is 51.1. The number of carboxylic acids is 3. The molecular weight excluding hydrogens is 1770 g/mol. The second-order valence-electron chi connectivity index (χ2n) is 31.6. The third-order valence-electron chi connectivity index (χ3n) is 19.9. The normalized spacial score (nSPS) is 14.4. The molecule has 50 nitrogen and oxygen atoms in total. The van der Waals surface area contributed by atoms with Gasteiger partial charge in [-0.05, 0) is 124 Å². The molecule has 736 valence electrons. The lowest BCUT2D eigenvalue weighted by atomic mass is 9.99. The Morgan fingerprint density at radius 2 is 0.699 bits per heavy atom. The molecule has 0 aliphatic rings. The van der Waals surface area contributed by atoms with E-state index in [0.717, 1.165) is 0 Å². The third kappa shape index (κ3) is 42.5. The van der Waals surface area contributed by atoms with Gasteiger partial charge in [0.15, 0.2) is 5.96 Å². The van der Waals surface area contributed by atoms with Crippen molar-refractivity contribution in [1.29, 1.82) is 5.41 Å². The van der Waals surface area contributed by atoms with Crippen LogP contribution in [0.15, 0.2) is 78.9 Å². The fraction of sp³-hybridized carbons (Fsp3) is 0.537. The summed E-state index contributed by atoms with van der Waals surface area (Å²) in [6.45, 7) is 1.90. The largest absolute Gasteiger partial charge is 0.508 e. The van der Waals surface area contributed by atoms with E-state index in [4.69, 9.17) is 34.2 Å². The Labute approximate surface area is 769 Å². The Morgan fingerprint density at radius 3 is 1.06 bits per heavy atom. The van der Waals surface area contributed by atoms with Gasteiger partial charge in [-0.2, -0.15) is 12.6 Å². The van der Waals surface area contributed by atoms with E-state index in [1.54, 1.807) is 44.2 Å². The number of amides is 16. The van der Waals surface area contributed by atoms with E-state index in [9.17, 15) is 132 Å². The highest BCUT2D eigenvalue weighted by Gasteiger charge is 2.40. The van der Waals surface area contributed by atoms with Crippen LogP contribution < -0.4 is 119 Å². The molecule has 36 N–H and O–H groups in total. The first kappa shape index (κ1) is 114. The van der Waals surface area contributed by atoms with Crippen LogP contribution >= 0.6 is 12.6 Å². The summed E-state index contributed by atoms with van der Waals surface area (Å²) < 4.78 is 0. The lowest BCUT2D eigenvalue weighted by Crippen LogP contribution is -2.62. The topological polar surface area (TPSA) is 845 Å². The van der Waals surface area contributed by atoms with E-state index in [-0.39, 0.29) is 107 Å². The number of benzene rings is 3. The number of hydrazine groups is 1. The zero-order valence-electron chi connectivity index (χ0n) is 73.8. The molecule has 3 aromatic rings. The van der Waals surface area contributed by atoms with Crippen LogP contribution in [-0.4, -0.2) is 302 Å². The molecule has 0 bridgehead atoms. The maximum absolute atomic E-state index is 14.5. The Hall–Kier alpha value is -13.5. The van der Waals surface area contributed by atoms with E-state index in [0.29, 0.717) is 29.5 Å². The molecule has 15 atom stereocenters. The SMILES string of the molecule is CC(C)CC(NC(=O)[C@@H](NC(=O)C(CC(N)=O)NC(=O)[C@H](CO)NC(=O)C(CO)NC(=O)[C@H](CC(=O)O)NC(=O)C(CC(=O)O)NC(=O)[C@H](Cc1ccccc1)NC(=O)C(Cc1ccc(O)cc1)NC(=O)[C@H](CS)NN)C(C)C)C(=O)NCC(=O)NC(CCCCN)C(=O)N[C@@H](CCCCN)C(=O)NC(Cc1ccc(O)cc1)C(=O)N[C@@H](CCCNC(=N)N)C(=O)NC(CO)C(=O)O. The second kappa shape index (κ2) is 59.8. The van der Waals surface area contributed by atoms with Crippen molar-refractivity contribution in [3.63, 3.8) is 0 Å². The fourth-order valence-electron chi connectivity index (χ4n) is 12.8. The number of phenolic OH excluding ortho intramolecular Hbond substituents is 2. The molecule has 0 saturated carbocycles. The summed E-state index contributed by atoms with van der Waals surface area (Å²) in [6.07, 6.45) is -3.91. The zero-order valence-corrected chi connectivity index (χ0v) is 74.6. The van der Waals surface area contributed by atoms with Crippen molar-refractivity contribution < 1.29 is 132 Å². The number of nitrogens with one attached hydrogen (secondary N) is 18. The summed E-state index contributed by atoms with van der Waals surface area (Å²) >= 11 is 4.10. The number of carbonyl (C=O) groups excluding carboxylic acids is 16. The smallest absolute Gasteiger partial charge is 0.328 e. The highest BCUT2D eigenvalue weighted by atomic mass is 32.1. The summed E-state index contributed by atoms with van der Waals surface area (Å²) in [7, 11) is 0. The maximum atomic E-state index is 14.5. The van der Waals surface area contributed by atoms with Crippen molar-refractivity contribution in [1.82, 2.24) is 90.5 Å². The maximum Gasteiger partial charge on any atom is 0.328 e. The molecule has 133 heavy (non-hydrogen) atoms. The van der Waals surface area contributed by atoms with Gasteiger partial charge in [0.25, 0.3) is 0 Å². The van der Waals surface area contributed by atoms with Gasteiger partial charge in [-0.1, -0.05) is 82.3 Å². The van der Waals surface area contributed by atoms with Crippen LogP contribution in [0.4, 0.5) is 0 Å². The van der Waals surface area contributed by atoms with Gasteiger partial charge in [0.05, 0.1) is 45.6 Å². The number of carbonyl (C=O) groups is 19. The number of nitrogens with two attached hydrogens (primary N) is 5. The molecule has 0 aliphatic heterocycles. The van der Waals surface area contributed by atoms with Crippen LogP contribution in [0.25, 0.3) is 0 Å². The lowest BCUT2D eigenvalue weighted by Gasteiger charge is -2.28. The minimum Gasteiger partial charge on any atom is -0.508 e. The van der Waals surface area contributed by atoms with Crippen LogP contribution in [0.2, 0.25) is 0 Å². The molecule has 0 heterocycles. The number of hydrogen-bond donors (Lipinski definition) is 32. The standard InChI is InChI=1S/C82H125N23O27S/c1-41(2)29-51(67(117)90-36-63(112)91-48(15-8-10-26-83)68(118)92-49(16-9-11-27-84)69(119)94-53(31-44-18-22-46(109)23-19-44)71(121)93-50(17-12-28-89-82(86)87)70(120)103-60(39-108)81(131)132)100-80(130)66(42(3)4)104-76(126)55(33-62(85)111)97-77(127)58(37-106)102-78(128)59(38-107)101-75(125)57(35-65(115)116)99-74(124)56(34-64(113)114)98-73(123)52(30-43-13-6-5-7-14-43)95-72(122)54(96-79(129)61(40-133)105-88)32-45-20-24-47(110)25-21-45/h5-7,13-14,18-25,41-42,48-61,66,105-110,133H,8-12,15-17,26-40,83-84,88H2,1-4H3,(H2,85,111)(H,90,117)(H,91,112)(H,92,118)(H,93,121)(H,94,119)(H,95,122)(H,96,129)(H,97,127)(H,98,123)(H,99,124)(H,100,130)(H,101,125)(H,102,128)(H,103,120)(H,104,126)(H,113,114)(H,115,116)(H,131,132)(H4,86,87,89)/t48?,49-,50-,51?,52-,53?,54?,55?,56?,57-,58-,59?,60?,61-,66-/m0/s1. The van der Waals surface area contributed by atoms with Crippen molar-refractivity contribution in [2.45, 2.75) is 215 Å². The number of aromatic hydroxyl groups is 2. The van der Waals surface area contributed by atoms with E-state index >= 15 is 0 Å². The van der Waals surface area contributed by atoms with E-state index < -0.39 is 261 Å². The first-order valence-corrected chi connectivity index (χ1v) is 43.0. The number of carboxylic acid groups (broad SMARTS) is 3. The van der Waals surface area contributed by atoms with Gasteiger partial charge in [-0.3, -0.25) is 97.6 Å². The second-order valence-corrected chi connectivity index (χ2v) is 31.9. The molecule has 0 fully saturated rings. The van der Waals surface area contributed by atoms with E-state index in [2.05, 4.69) is 87.2 Å². The number of aliphatic hydroxyl groups excluding tert-OH is 3. The zero-order chi connectivity index (χ0) is 99.7. The first-order chi connectivity index (χ1) is 62.9. The van der Waals surface area contributed by atoms with Gasteiger partial charge in [-0.25, -0.2) is 10.2 Å². The van der Waals surface area contributed by atoms with Crippen molar-refractivity contribution in [3.8, 4) is 11.5 Å². The Morgan fingerprint density at radius 1 is 0.368 bits per heavy atom. The summed E-state index contributed by atoms with van der Waals surface area (Å²) in [5.41, 5.74) is 25.9. The number of aliphatic hydroxyl groups is 3. The monoisotopic (exact) mass is 1900 g/mol. The van der Waals surface area contributed by atoms with E-state index in [1.165, 1.54) is 62.4 Å². The van der Waals surface area contributed by atoms with Gasteiger partial charge in [0, 0.05) is 31.6 Å². The highest BCUT2D eigenvalue weighted by Crippen LogP contribution is 2.18. The van der Waals surface area contributed by atoms with Crippen molar-refractivity contribution >= 4 is 131 Å². The number of hydrogen-bond acceptors (Lipinski definition) is 30. The number of rotatable bonds is 63. The number of guanidine groups is 1. The lowest BCUT2D eigenvalue weighted by molar-refractivity contribution is -0.143. The number of primary amides is 1. The predicted molar refractivity (Wildman–Crippen MR) is 475 cm³/mol. The summed E-state index contributed by atoms with van der Waals surface area (Å²) in [5, 5.41) is 125. The minimum absolute atomic E-state index is 0.0184. The van der Waals surface area contributed by atoms with E-state index in [1.807, 2.05) is 16.0 Å². The third-order valence-corrected chi connectivity index (χ3v) is 20.3. The summed E-state index contributed by atoms with van der Waals surface area (Å²) in [4.78, 5) is 260. The van der Waals surface area contributed by atoms with Crippen molar-refractivity contribution in [2.24, 2.45) is 40.6 Å². The molecule has 8 unspecified atom stereocenters. The number of phenols is 2. The number of aliphatic carboxylic acids is 3. The molecule has 0 aliphatic carbocycles. The number of unbranched alkanes of at least 4 members (excludes halogenated alkanes) is 2. The molecule has 0 spiro atoms. The molecule has 0 saturated heterocycles. The molecule has 0 radical (unpaired) electrons. The van der Waals surface area contributed by atoms with Gasteiger partial charge >= 0.3 is 17.9 Å². The molecule has 0 aromatic heterocycles. The van der Waals surface area contributed by atoms with Gasteiger partial charge < -0.3 is 149 Å². The number of thiol groups is 1. The minimum atomic E-state index is -2.29. The quantitative estimate of drug-likeness (QED) is 0.00623. The van der Waals surface area contributed by atoms with Gasteiger partial charge in [0.2, 0.25) is 94.5 Å². The van der Waals surface area contributed by atoms with Crippen LogP contribution in [0.1, 0.15) is 121 Å². The Bertz CT molecular complexity index is 4420. The average Bonchev–Trinajstić information content (AvgIpc) is 0.845. The first-order valence-electron chi connectivity index (χ1n) is 42.4. The van der Waals surface area contributed by atoms with Crippen LogP contribution in [0, 0.1) is 17.2 Å². The van der Waals surface area contributed by atoms with Gasteiger partial charge in [-0.15, -0.1) is 0 Å². The Balaban J connectivity index is 1.84. The average molecular weight is 1900 g/mol. The highest BCUT2D eigenvalue weighted by molar-refractivity contribution is 7.80. The van der Waals surface area contributed by atoms with Crippen LogP contribution in [-0.2, 0) is 110 Å². The van der Waals surface area contributed by atoms with Crippen LogP contribution in [0.5, 0.6) is 11.5 Å². The van der Waals surface area contributed by atoms with Gasteiger partial charge in [0.1, 0.15) is 102 Å². The predicted octanol–water partition coefficient (Wildman–Crippen LogP) is -10.1. The summed E-state index contributed by atoms with van der Waals surface area (Å²) in [5.74, 6) is -20.4. The fourth-order valence-corrected chi connectivity index (χ4v) is 13.1. The summed E-state index contributed by atoms with van der Waals surface area (Å²) in [6, 6.07) is -7.33.